The molecule has 150 valence electrons. The Labute approximate surface area is 169 Å². The van der Waals surface area contributed by atoms with Crippen LogP contribution < -0.4 is 14.8 Å². The van der Waals surface area contributed by atoms with Crippen molar-refractivity contribution in [3.63, 3.8) is 0 Å². The number of carbonyl (C=O) groups excluding carboxylic acids is 1. The van der Waals surface area contributed by atoms with Crippen molar-refractivity contribution < 1.29 is 17.9 Å². The summed E-state index contributed by atoms with van der Waals surface area (Å²) in [7, 11) is -2.56. The van der Waals surface area contributed by atoms with Crippen LogP contribution in [-0.4, -0.2) is 26.4 Å². The van der Waals surface area contributed by atoms with Gasteiger partial charge in [-0.15, -0.1) is 0 Å². The Morgan fingerprint density at radius 3 is 2.48 bits per heavy atom. The number of amides is 1. The molecule has 0 aliphatic rings. The van der Waals surface area contributed by atoms with Gasteiger partial charge in [0.2, 0.25) is 0 Å². The molecule has 2 N–H and O–H groups in total. The number of nitrogens with zero attached hydrogens (tertiary/aromatic N) is 1. The molecular formula is C21H21N3O4S. The van der Waals surface area contributed by atoms with Crippen molar-refractivity contribution in [1.82, 2.24) is 4.98 Å². The van der Waals surface area contributed by atoms with E-state index < -0.39 is 10.0 Å². The van der Waals surface area contributed by atoms with Crippen LogP contribution in [0.25, 0.3) is 0 Å². The van der Waals surface area contributed by atoms with E-state index in [4.69, 9.17) is 4.74 Å². The van der Waals surface area contributed by atoms with Crippen molar-refractivity contribution in [1.29, 1.82) is 0 Å². The van der Waals surface area contributed by atoms with E-state index in [1.807, 2.05) is 19.1 Å². The molecule has 0 unspecified atom stereocenters. The zero-order valence-corrected chi connectivity index (χ0v) is 17.1. The molecule has 0 atom stereocenters. The SMILES string of the molecule is COc1ccc(NC(=O)c2cnccc2C)cc1S(=O)(=O)Nc1ccccc1C. The van der Waals surface area contributed by atoms with Crippen LogP contribution in [0.4, 0.5) is 11.4 Å². The van der Waals surface area contributed by atoms with Gasteiger partial charge in [0, 0.05) is 18.1 Å². The fraction of sp³-hybridized carbons (Fsp3) is 0.143. The Morgan fingerprint density at radius 1 is 1.03 bits per heavy atom. The number of hydrogen-bond acceptors (Lipinski definition) is 5. The van der Waals surface area contributed by atoms with Crippen LogP contribution >= 0.6 is 0 Å². The summed E-state index contributed by atoms with van der Waals surface area (Å²) in [6.07, 6.45) is 3.06. The standard InChI is InChI=1S/C21H21N3O4S/c1-14-10-11-22-13-17(14)21(25)23-16-8-9-19(28-3)20(12-16)29(26,27)24-18-7-5-4-6-15(18)2/h4-13,24H,1-3H3,(H,23,25). The average Bonchev–Trinajstić information content (AvgIpc) is 2.70. The number of pyridine rings is 1. The molecule has 3 rings (SSSR count). The first kappa shape index (κ1) is 20.3. The van der Waals surface area contributed by atoms with Crippen LogP contribution in [0.1, 0.15) is 21.5 Å². The summed E-state index contributed by atoms with van der Waals surface area (Å²) in [6.45, 7) is 3.61. The lowest BCUT2D eigenvalue weighted by Gasteiger charge is -2.15. The van der Waals surface area contributed by atoms with Gasteiger partial charge in [0.1, 0.15) is 10.6 Å². The first-order chi connectivity index (χ1) is 13.8. The molecule has 0 bridgehead atoms. The van der Waals surface area contributed by atoms with Crippen molar-refractivity contribution in [3.05, 3.63) is 77.6 Å². The minimum atomic E-state index is -3.95. The van der Waals surface area contributed by atoms with E-state index in [0.717, 1.165) is 11.1 Å². The van der Waals surface area contributed by atoms with Gasteiger partial charge < -0.3 is 10.1 Å². The quantitative estimate of drug-likeness (QED) is 0.644. The third kappa shape index (κ3) is 4.55. The number of hydrogen-bond donors (Lipinski definition) is 2. The number of nitrogens with one attached hydrogen (secondary N) is 2. The molecule has 1 amide bonds. The molecule has 0 aliphatic heterocycles. The molecule has 29 heavy (non-hydrogen) atoms. The highest BCUT2D eigenvalue weighted by molar-refractivity contribution is 7.92. The maximum absolute atomic E-state index is 13.0. The Morgan fingerprint density at radius 2 is 1.79 bits per heavy atom. The number of aryl methyl sites for hydroxylation is 2. The second kappa shape index (κ2) is 8.32. The van der Waals surface area contributed by atoms with Gasteiger partial charge in [-0.25, -0.2) is 8.42 Å². The molecule has 0 spiro atoms. The summed E-state index contributed by atoms with van der Waals surface area (Å²) < 4.78 is 33.8. The van der Waals surface area contributed by atoms with Gasteiger partial charge in [-0.05, 0) is 55.3 Å². The van der Waals surface area contributed by atoms with Gasteiger partial charge >= 0.3 is 0 Å². The number of para-hydroxylation sites is 1. The molecule has 7 nitrogen and oxygen atoms in total. The third-order valence-electron chi connectivity index (χ3n) is 4.38. The average molecular weight is 411 g/mol. The smallest absolute Gasteiger partial charge is 0.265 e. The van der Waals surface area contributed by atoms with Gasteiger partial charge in [0.15, 0.2) is 0 Å². The van der Waals surface area contributed by atoms with Crippen molar-refractivity contribution in [2.45, 2.75) is 18.7 Å². The lowest BCUT2D eigenvalue weighted by atomic mass is 10.1. The van der Waals surface area contributed by atoms with Crippen LogP contribution in [0, 0.1) is 13.8 Å². The number of aromatic nitrogens is 1. The van der Waals surface area contributed by atoms with E-state index in [0.29, 0.717) is 16.9 Å². The van der Waals surface area contributed by atoms with Gasteiger partial charge in [-0.1, -0.05) is 18.2 Å². The van der Waals surface area contributed by atoms with E-state index in [2.05, 4.69) is 15.0 Å². The fourth-order valence-electron chi connectivity index (χ4n) is 2.75. The predicted octanol–water partition coefficient (Wildman–Crippen LogP) is 3.76. The summed E-state index contributed by atoms with van der Waals surface area (Å²) in [5.41, 5.74) is 2.75. The minimum absolute atomic E-state index is 0.0797. The van der Waals surface area contributed by atoms with Crippen LogP contribution in [-0.2, 0) is 10.0 Å². The summed E-state index contributed by atoms with van der Waals surface area (Å²) in [5, 5.41) is 2.71. The molecule has 0 saturated heterocycles. The molecule has 8 heteroatoms. The monoisotopic (exact) mass is 411 g/mol. The van der Waals surface area contributed by atoms with Crippen LogP contribution in [0.2, 0.25) is 0 Å². The summed E-state index contributed by atoms with van der Waals surface area (Å²) in [6, 6.07) is 13.2. The molecule has 3 aromatic rings. The Bertz CT molecular complexity index is 1160. The largest absolute Gasteiger partial charge is 0.495 e. The van der Waals surface area contributed by atoms with E-state index in [1.165, 1.54) is 25.4 Å². The van der Waals surface area contributed by atoms with E-state index in [1.54, 1.807) is 37.4 Å². The van der Waals surface area contributed by atoms with Crippen molar-refractivity contribution in [2.24, 2.45) is 0 Å². The fourth-order valence-corrected chi connectivity index (χ4v) is 4.08. The first-order valence-corrected chi connectivity index (χ1v) is 10.3. The molecule has 0 aliphatic carbocycles. The normalized spacial score (nSPS) is 11.0. The minimum Gasteiger partial charge on any atom is -0.495 e. The second-order valence-electron chi connectivity index (χ2n) is 6.43. The highest BCUT2D eigenvalue weighted by atomic mass is 32.2. The van der Waals surface area contributed by atoms with E-state index >= 15 is 0 Å². The zero-order valence-electron chi connectivity index (χ0n) is 16.3. The van der Waals surface area contributed by atoms with Gasteiger partial charge in [-0.3, -0.25) is 14.5 Å². The van der Waals surface area contributed by atoms with Gasteiger partial charge in [-0.2, -0.15) is 0 Å². The number of sulfonamides is 1. The molecule has 0 saturated carbocycles. The zero-order chi connectivity index (χ0) is 21.0. The number of benzene rings is 2. The van der Waals surface area contributed by atoms with Crippen molar-refractivity contribution >= 4 is 27.3 Å². The lowest BCUT2D eigenvalue weighted by molar-refractivity contribution is 0.102. The van der Waals surface area contributed by atoms with E-state index in [9.17, 15) is 13.2 Å². The Kier molecular flexibility index (Phi) is 5.84. The van der Waals surface area contributed by atoms with Crippen LogP contribution in [0.15, 0.2) is 65.8 Å². The molecule has 0 radical (unpaired) electrons. The second-order valence-corrected chi connectivity index (χ2v) is 8.08. The third-order valence-corrected chi connectivity index (χ3v) is 5.77. The van der Waals surface area contributed by atoms with Crippen LogP contribution in [0.3, 0.4) is 0 Å². The highest BCUT2D eigenvalue weighted by Gasteiger charge is 2.22. The molecule has 1 heterocycles. The van der Waals surface area contributed by atoms with Crippen LogP contribution in [0.5, 0.6) is 5.75 Å². The first-order valence-electron chi connectivity index (χ1n) is 8.80. The molecule has 2 aromatic carbocycles. The number of methoxy groups -OCH3 is 1. The number of anilines is 2. The van der Waals surface area contributed by atoms with E-state index in [-0.39, 0.29) is 16.6 Å². The number of ether oxygens (including phenoxy) is 1. The summed E-state index contributed by atoms with van der Waals surface area (Å²) in [5.74, 6) is -0.211. The lowest BCUT2D eigenvalue weighted by Crippen LogP contribution is -2.17. The molecule has 1 aromatic heterocycles. The topological polar surface area (TPSA) is 97.4 Å². The van der Waals surface area contributed by atoms with Gasteiger partial charge in [0.05, 0.1) is 18.4 Å². The Hall–Kier alpha value is -3.39. The predicted molar refractivity (Wildman–Crippen MR) is 112 cm³/mol. The summed E-state index contributed by atoms with van der Waals surface area (Å²) >= 11 is 0. The maximum Gasteiger partial charge on any atom is 0.265 e. The van der Waals surface area contributed by atoms with Crippen molar-refractivity contribution in [3.8, 4) is 5.75 Å². The molecular weight excluding hydrogens is 390 g/mol. The van der Waals surface area contributed by atoms with Crippen molar-refractivity contribution in [2.75, 3.05) is 17.1 Å². The maximum atomic E-state index is 13.0. The Balaban J connectivity index is 1.94. The molecule has 0 fully saturated rings. The summed E-state index contributed by atoms with van der Waals surface area (Å²) in [4.78, 5) is 16.4. The number of carbonyl (C=O) groups is 1. The highest BCUT2D eigenvalue weighted by Crippen LogP contribution is 2.30. The van der Waals surface area contributed by atoms with Gasteiger partial charge in [0.25, 0.3) is 15.9 Å². The number of rotatable bonds is 6.